The number of amides is 2. The van der Waals surface area contributed by atoms with Gasteiger partial charge in [0, 0.05) is 24.3 Å². The zero-order chi connectivity index (χ0) is 19.2. The maximum atomic E-state index is 12.2. The number of carbonyl (C=O) groups excluding carboxylic acids is 2. The summed E-state index contributed by atoms with van der Waals surface area (Å²) in [5.74, 6) is -0.243. The first kappa shape index (κ1) is 18.6. The molecule has 3 rings (SSSR count). The summed E-state index contributed by atoms with van der Waals surface area (Å²) in [6.07, 6.45) is 0. The third-order valence-corrected chi connectivity index (χ3v) is 4.35. The molecule has 0 aliphatic heterocycles. The average molecular weight is 361 g/mol. The molecule has 0 unspecified atom stereocenters. The second-order valence-corrected chi connectivity index (χ2v) is 6.48. The fourth-order valence-corrected chi connectivity index (χ4v) is 3.03. The predicted molar refractivity (Wildman–Crippen MR) is 110 cm³/mol. The maximum absolute atomic E-state index is 12.2. The minimum Gasteiger partial charge on any atom is -0.326 e. The Hall–Kier alpha value is -3.18. The molecule has 0 bridgehead atoms. The first-order chi connectivity index (χ1) is 13.0. The van der Waals surface area contributed by atoms with E-state index in [9.17, 15) is 9.59 Å². The van der Waals surface area contributed by atoms with Crippen molar-refractivity contribution in [1.82, 2.24) is 5.32 Å². The van der Waals surface area contributed by atoms with Gasteiger partial charge in [0.1, 0.15) is 0 Å². The van der Waals surface area contributed by atoms with Gasteiger partial charge in [-0.1, -0.05) is 42.5 Å². The summed E-state index contributed by atoms with van der Waals surface area (Å²) >= 11 is 0. The molecule has 3 aromatic carbocycles. The highest BCUT2D eigenvalue weighted by atomic mass is 16.2. The van der Waals surface area contributed by atoms with Gasteiger partial charge in [-0.15, -0.1) is 0 Å². The number of fused-ring (bicyclic) bond motifs is 1. The van der Waals surface area contributed by atoms with Crippen LogP contribution >= 0.6 is 0 Å². The van der Waals surface area contributed by atoms with Crippen LogP contribution in [0.4, 0.5) is 11.4 Å². The van der Waals surface area contributed by atoms with E-state index in [-0.39, 0.29) is 24.4 Å². The Kier molecular flexibility index (Phi) is 5.84. The topological polar surface area (TPSA) is 70.2 Å². The molecule has 27 heavy (non-hydrogen) atoms. The largest absolute Gasteiger partial charge is 0.326 e. The molecular weight excluding hydrogens is 338 g/mol. The zero-order valence-corrected chi connectivity index (χ0v) is 15.5. The molecule has 138 valence electrons. The maximum Gasteiger partial charge on any atom is 0.238 e. The molecule has 3 aromatic rings. The van der Waals surface area contributed by atoms with E-state index in [1.807, 2.05) is 18.2 Å². The van der Waals surface area contributed by atoms with Crippen molar-refractivity contribution in [3.8, 4) is 0 Å². The fraction of sp³-hybridized carbons (Fsp3) is 0.182. The summed E-state index contributed by atoms with van der Waals surface area (Å²) in [7, 11) is 0. The first-order valence-corrected chi connectivity index (χ1v) is 8.91. The Morgan fingerprint density at radius 1 is 0.852 bits per heavy atom. The lowest BCUT2D eigenvalue weighted by atomic mass is 10.00. The van der Waals surface area contributed by atoms with E-state index in [0.29, 0.717) is 11.4 Å². The minimum atomic E-state index is -0.126. The van der Waals surface area contributed by atoms with Crippen molar-refractivity contribution >= 4 is 34.0 Å². The Morgan fingerprint density at radius 3 is 2.19 bits per heavy atom. The van der Waals surface area contributed by atoms with Crippen molar-refractivity contribution in [3.05, 3.63) is 72.3 Å². The molecule has 2 amide bonds. The number of benzene rings is 3. The van der Waals surface area contributed by atoms with Crippen LogP contribution in [0.1, 0.15) is 25.5 Å². The number of carbonyl (C=O) groups is 2. The van der Waals surface area contributed by atoms with Crippen LogP contribution in [0.25, 0.3) is 10.8 Å². The number of hydrogen-bond donors (Lipinski definition) is 3. The number of rotatable bonds is 6. The normalized spacial score (nSPS) is 11.8. The summed E-state index contributed by atoms with van der Waals surface area (Å²) in [6.45, 7) is 3.72. The minimum absolute atomic E-state index is 0.0454. The third-order valence-electron chi connectivity index (χ3n) is 4.35. The monoisotopic (exact) mass is 361 g/mol. The predicted octanol–water partition coefficient (Wildman–Crippen LogP) is 4.09. The van der Waals surface area contributed by atoms with Crippen LogP contribution in [0.3, 0.4) is 0 Å². The van der Waals surface area contributed by atoms with Crippen LogP contribution in [-0.2, 0) is 9.59 Å². The van der Waals surface area contributed by atoms with Crippen molar-refractivity contribution in [3.63, 3.8) is 0 Å². The molecule has 0 saturated heterocycles. The van der Waals surface area contributed by atoms with E-state index in [1.165, 1.54) is 23.3 Å². The third kappa shape index (κ3) is 4.92. The second kappa shape index (κ2) is 8.47. The molecule has 0 heterocycles. The first-order valence-electron chi connectivity index (χ1n) is 8.91. The zero-order valence-electron chi connectivity index (χ0n) is 15.5. The molecule has 5 nitrogen and oxygen atoms in total. The van der Waals surface area contributed by atoms with Gasteiger partial charge in [0.25, 0.3) is 0 Å². The van der Waals surface area contributed by atoms with Crippen LogP contribution in [0, 0.1) is 0 Å². The van der Waals surface area contributed by atoms with E-state index < -0.39 is 0 Å². The van der Waals surface area contributed by atoms with Crippen molar-refractivity contribution in [1.29, 1.82) is 0 Å². The molecule has 0 saturated carbocycles. The van der Waals surface area contributed by atoms with Crippen LogP contribution < -0.4 is 16.0 Å². The van der Waals surface area contributed by atoms with Gasteiger partial charge in [0.15, 0.2) is 0 Å². The van der Waals surface area contributed by atoms with Crippen molar-refractivity contribution in [2.24, 2.45) is 0 Å². The van der Waals surface area contributed by atoms with Crippen LogP contribution in [0.5, 0.6) is 0 Å². The average Bonchev–Trinajstić information content (AvgIpc) is 2.67. The molecule has 0 aliphatic rings. The van der Waals surface area contributed by atoms with Crippen molar-refractivity contribution in [2.75, 3.05) is 17.2 Å². The quantitative estimate of drug-likeness (QED) is 0.619. The van der Waals surface area contributed by atoms with Crippen molar-refractivity contribution in [2.45, 2.75) is 19.9 Å². The molecule has 0 fully saturated rings. The van der Waals surface area contributed by atoms with Gasteiger partial charge >= 0.3 is 0 Å². The summed E-state index contributed by atoms with van der Waals surface area (Å²) < 4.78 is 0. The Balaban J connectivity index is 1.57. The van der Waals surface area contributed by atoms with Gasteiger partial charge in [0.05, 0.1) is 6.54 Å². The highest BCUT2D eigenvalue weighted by molar-refractivity contribution is 5.93. The second-order valence-electron chi connectivity index (χ2n) is 6.48. The summed E-state index contributed by atoms with van der Waals surface area (Å²) in [5, 5.41) is 11.2. The van der Waals surface area contributed by atoms with E-state index in [0.717, 1.165) is 0 Å². The van der Waals surface area contributed by atoms with Gasteiger partial charge in [-0.2, -0.15) is 0 Å². The molecule has 0 spiro atoms. The lowest BCUT2D eigenvalue weighted by Crippen LogP contribution is -2.30. The number of anilines is 2. The van der Waals surface area contributed by atoms with Gasteiger partial charge in [-0.25, -0.2) is 0 Å². The lowest BCUT2D eigenvalue weighted by molar-refractivity contribution is -0.115. The van der Waals surface area contributed by atoms with Crippen LogP contribution in [-0.4, -0.2) is 18.4 Å². The van der Waals surface area contributed by atoms with Gasteiger partial charge in [-0.05, 0) is 47.5 Å². The molecule has 3 N–H and O–H groups in total. The van der Waals surface area contributed by atoms with E-state index in [4.69, 9.17) is 0 Å². The van der Waals surface area contributed by atoms with E-state index in [1.54, 1.807) is 24.3 Å². The molecule has 5 heteroatoms. The SMILES string of the molecule is CC(=O)Nc1ccc(NC(=O)CN[C@H](C)c2cccc3ccccc23)cc1. The van der Waals surface area contributed by atoms with Crippen LogP contribution in [0.2, 0.25) is 0 Å². The molecular formula is C22H23N3O2. The molecule has 0 radical (unpaired) electrons. The van der Waals surface area contributed by atoms with E-state index in [2.05, 4.69) is 47.1 Å². The Morgan fingerprint density at radius 2 is 1.48 bits per heavy atom. The van der Waals surface area contributed by atoms with Crippen LogP contribution in [0.15, 0.2) is 66.7 Å². The molecule has 0 aromatic heterocycles. The highest BCUT2D eigenvalue weighted by Crippen LogP contribution is 2.23. The Labute approximate surface area is 158 Å². The van der Waals surface area contributed by atoms with Gasteiger partial charge in [0.2, 0.25) is 11.8 Å². The van der Waals surface area contributed by atoms with Crippen molar-refractivity contribution < 1.29 is 9.59 Å². The highest BCUT2D eigenvalue weighted by Gasteiger charge is 2.11. The number of nitrogens with one attached hydrogen (secondary N) is 3. The molecule has 0 aliphatic carbocycles. The summed E-state index contributed by atoms with van der Waals surface area (Å²) in [4.78, 5) is 23.3. The Bertz CT molecular complexity index is 946. The molecule has 1 atom stereocenters. The van der Waals surface area contributed by atoms with Gasteiger partial charge in [-0.3, -0.25) is 9.59 Å². The summed E-state index contributed by atoms with van der Waals surface area (Å²) in [5.41, 5.74) is 2.55. The summed E-state index contributed by atoms with van der Waals surface area (Å²) in [6, 6.07) is 21.5. The smallest absolute Gasteiger partial charge is 0.238 e. The number of hydrogen-bond acceptors (Lipinski definition) is 3. The standard InChI is InChI=1S/C22H23N3O2/c1-15(20-9-5-7-17-6-3-4-8-21(17)20)23-14-22(27)25-19-12-10-18(11-13-19)24-16(2)26/h3-13,15,23H,14H2,1-2H3,(H,24,26)(H,25,27)/t15-/m1/s1. The van der Waals surface area contributed by atoms with E-state index >= 15 is 0 Å². The fourth-order valence-electron chi connectivity index (χ4n) is 3.03. The van der Waals surface area contributed by atoms with Gasteiger partial charge < -0.3 is 16.0 Å². The lowest BCUT2D eigenvalue weighted by Gasteiger charge is -2.16.